The number of nitrogens with zero attached hydrogens (tertiary/aromatic N) is 4. The Bertz CT molecular complexity index is 444. The maximum atomic E-state index is 4.44. The van der Waals surface area contributed by atoms with Crippen LogP contribution in [0.2, 0.25) is 0 Å². The summed E-state index contributed by atoms with van der Waals surface area (Å²) in [6.45, 7) is 4.18. The summed E-state index contributed by atoms with van der Waals surface area (Å²) in [7, 11) is 8.79. The maximum Gasteiger partial charge on any atom is 0.204 e. The first-order chi connectivity index (χ1) is 8.26. The standard InChI is InChI=1S/C14H24N4/c1-11-15-9-13(17(11,3)4)7-8-14-10-16-12(2)18(14,5)6/h9-10H,7-8H2,1-6H3/q+2. The van der Waals surface area contributed by atoms with E-state index in [-0.39, 0.29) is 0 Å². The highest BCUT2D eigenvalue weighted by molar-refractivity contribution is 5.76. The zero-order chi connectivity index (χ0) is 13.6. The summed E-state index contributed by atoms with van der Waals surface area (Å²) in [5, 5.41) is 0. The molecule has 0 aliphatic carbocycles. The van der Waals surface area contributed by atoms with Crippen molar-refractivity contribution >= 4 is 11.7 Å². The van der Waals surface area contributed by atoms with Crippen molar-refractivity contribution in [1.29, 1.82) is 0 Å². The van der Waals surface area contributed by atoms with Crippen LogP contribution in [-0.4, -0.2) is 48.8 Å². The van der Waals surface area contributed by atoms with Gasteiger partial charge in [0.1, 0.15) is 11.4 Å². The van der Waals surface area contributed by atoms with E-state index in [1.54, 1.807) is 0 Å². The van der Waals surface area contributed by atoms with Crippen LogP contribution in [0.25, 0.3) is 0 Å². The van der Waals surface area contributed by atoms with Crippen molar-refractivity contribution in [3.8, 4) is 0 Å². The van der Waals surface area contributed by atoms with Crippen LogP contribution in [0.1, 0.15) is 26.7 Å². The molecule has 0 unspecified atom stereocenters. The average molecular weight is 248 g/mol. The van der Waals surface area contributed by atoms with Gasteiger partial charge in [-0.05, 0) is 0 Å². The lowest BCUT2D eigenvalue weighted by molar-refractivity contribution is -0.762. The zero-order valence-electron chi connectivity index (χ0n) is 12.4. The first-order valence-corrected chi connectivity index (χ1v) is 6.43. The number of aliphatic imine (C=N–C) groups is 2. The van der Waals surface area contributed by atoms with Gasteiger partial charge >= 0.3 is 0 Å². The van der Waals surface area contributed by atoms with Crippen LogP contribution in [0.4, 0.5) is 0 Å². The number of quaternary nitrogens is 2. The Morgan fingerprint density at radius 1 is 0.778 bits per heavy atom. The fraction of sp³-hybridized carbons (Fsp3) is 0.571. The average Bonchev–Trinajstić information content (AvgIpc) is 2.67. The lowest BCUT2D eigenvalue weighted by Gasteiger charge is -2.29. The molecule has 0 saturated carbocycles. The number of allylic oxidation sites excluding steroid dienone is 2. The van der Waals surface area contributed by atoms with E-state index in [9.17, 15) is 0 Å². The Morgan fingerprint density at radius 3 is 1.33 bits per heavy atom. The van der Waals surface area contributed by atoms with Gasteiger partial charge in [-0.25, -0.2) is 9.98 Å². The van der Waals surface area contributed by atoms with Crippen molar-refractivity contribution < 1.29 is 8.97 Å². The minimum absolute atomic E-state index is 0.806. The van der Waals surface area contributed by atoms with Gasteiger partial charge in [-0.3, -0.25) is 8.97 Å². The summed E-state index contributed by atoms with van der Waals surface area (Å²) in [5.74, 6) is 2.32. The fourth-order valence-corrected chi connectivity index (χ4v) is 2.27. The van der Waals surface area contributed by atoms with Crippen LogP contribution in [0.15, 0.2) is 33.8 Å². The van der Waals surface area contributed by atoms with E-state index in [1.807, 2.05) is 12.4 Å². The fourth-order valence-electron chi connectivity index (χ4n) is 2.27. The second-order valence-corrected chi connectivity index (χ2v) is 6.00. The molecule has 0 fully saturated rings. The van der Waals surface area contributed by atoms with Crippen molar-refractivity contribution in [3.05, 3.63) is 23.8 Å². The minimum atomic E-state index is 0.806. The van der Waals surface area contributed by atoms with E-state index in [1.165, 1.54) is 11.4 Å². The van der Waals surface area contributed by atoms with Crippen molar-refractivity contribution in [2.75, 3.05) is 28.2 Å². The van der Waals surface area contributed by atoms with E-state index in [4.69, 9.17) is 0 Å². The number of hydrogen-bond acceptors (Lipinski definition) is 2. The van der Waals surface area contributed by atoms with Crippen LogP contribution < -0.4 is 0 Å². The van der Waals surface area contributed by atoms with Gasteiger partial charge in [0.05, 0.1) is 40.6 Å². The van der Waals surface area contributed by atoms with Gasteiger partial charge in [0, 0.05) is 26.7 Å². The third kappa shape index (κ3) is 1.95. The van der Waals surface area contributed by atoms with Crippen molar-refractivity contribution in [2.24, 2.45) is 9.98 Å². The molecule has 2 aliphatic rings. The molecule has 0 spiro atoms. The molecule has 0 radical (unpaired) electrons. The SMILES string of the molecule is CC1=NC=C(CCC2=CN=C(C)[N+]2(C)C)[N+]1(C)C. The normalized spacial score (nSPS) is 24.6. The largest absolute Gasteiger partial charge is 0.253 e. The number of rotatable bonds is 3. The van der Waals surface area contributed by atoms with Crippen LogP contribution in [0, 0.1) is 0 Å². The topological polar surface area (TPSA) is 24.7 Å². The van der Waals surface area contributed by atoms with E-state index in [0.29, 0.717) is 0 Å². The van der Waals surface area contributed by atoms with Gasteiger partial charge in [0.25, 0.3) is 0 Å². The lowest BCUT2D eigenvalue weighted by atomic mass is 10.1. The maximum absolute atomic E-state index is 4.44. The molecule has 0 aromatic rings. The molecule has 2 rings (SSSR count). The van der Waals surface area contributed by atoms with Crippen molar-refractivity contribution in [2.45, 2.75) is 26.7 Å². The second kappa shape index (κ2) is 4.14. The minimum Gasteiger partial charge on any atom is -0.253 e. The van der Waals surface area contributed by atoms with Crippen LogP contribution in [0.5, 0.6) is 0 Å². The van der Waals surface area contributed by atoms with Crippen LogP contribution in [-0.2, 0) is 0 Å². The summed E-state index contributed by atoms with van der Waals surface area (Å²) in [4.78, 5) is 8.88. The van der Waals surface area contributed by atoms with Crippen LogP contribution in [0.3, 0.4) is 0 Å². The molecular weight excluding hydrogens is 224 g/mol. The molecule has 18 heavy (non-hydrogen) atoms. The molecule has 0 aromatic heterocycles. The van der Waals surface area contributed by atoms with Gasteiger partial charge in [-0.2, -0.15) is 0 Å². The summed E-state index contributed by atoms with van der Waals surface area (Å²) >= 11 is 0. The monoisotopic (exact) mass is 248 g/mol. The Hall–Kier alpha value is -1.26. The van der Waals surface area contributed by atoms with Crippen molar-refractivity contribution in [3.63, 3.8) is 0 Å². The highest BCUT2D eigenvalue weighted by atomic mass is 15.4. The number of amidine groups is 2. The summed E-state index contributed by atoms with van der Waals surface area (Å²) in [6, 6.07) is 0. The van der Waals surface area contributed by atoms with E-state index in [2.05, 4.69) is 52.0 Å². The Labute approximate surface area is 110 Å². The van der Waals surface area contributed by atoms with Gasteiger partial charge in [-0.15, -0.1) is 0 Å². The Morgan fingerprint density at radius 2 is 1.11 bits per heavy atom. The lowest BCUT2D eigenvalue weighted by Crippen LogP contribution is -2.42. The third-order valence-corrected chi connectivity index (χ3v) is 4.49. The summed E-state index contributed by atoms with van der Waals surface area (Å²) in [5.41, 5.74) is 2.75. The highest BCUT2D eigenvalue weighted by Gasteiger charge is 2.34. The van der Waals surface area contributed by atoms with Gasteiger partial charge in [-0.1, -0.05) is 0 Å². The van der Waals surface area contributed by atoms with Gasteiger partial charge in [0.2, 0.25) is 11.7 Å². The van der Waals surface area contributed by atoms with E-state index >= 15 is 0 Å². The predicted molar refractivity (Wildman–Crippen MR) is 75.8 cm³/mol. The molecule has 2 heterocycles. The van der Waals surface area contributed by atoms with E-state index in [0.717, 1.165) is 33.5 Å². The van der Waals surface area contributed by atoms with E-state index < -0.39 is 0 Å². The molecule has 0 N–H and O–H groups in total. The Balaban J connectivity index is 2.00. The Kier molecular flexibility index (Phi) is 3.03. The molecule has 4 nitrogen and oxygen atoms in total. The molecule has 0 atom stereocenters. The molecule has 0 amide bonds. The predicted octanol–water partition coefficient (Wildman–Crippen LogP) is 2.47. The first-order valence-electron chi connectivity index (χ1n) is 6.43. The summed E-state index contributed by atoms with van der Waals surface area (Å²) < 4.78 is 1.61. The molecule has 98 valence electrons. The molecule has 0 bridgehead atoms. The quantitative estimate of drug-likeness (QED) is 0.686. The van der Waals surface area contributed by atoms with Gasteiger partial charge in [0.15, 0.2) is 0 Å². The first kappa shape index (κ1) is 13.2. The smallest absolute Gasteiger partial charge is 0.204 e. The van der Waals surface area contributed by atoms with Crippen molar-refractivity contribution in [1.82, 2.24) is 0 Å². The second-order valence-electron chi connectivity index (χ2n) is 6.00. The number of hydrogen-bond donors (Lipinski definition) is 0. The third-order valence-electron chi connectivity index (χ3n) is 4.49. The van der Waals surface area contributed by atoms with Crippen LogP contribution >= 0.6 is 0 Å². The molecule has 4 heteroatoms. The molecular formula is C14H24N4+2. The van der Waals surface area contributed by atoms with Gasteiger partial charge < -0.3 is 0 Å². The highest BCUT2D eigenvalue weighted by Crippen LogP contribution is 2.29. The summed E-state index contributed by atoms with van der Waals surface area (Å²) in [6.07, 6.45) is 6.14. The molecule has 0 aromatic carbocycles. The molecule has 0 saturated heterocycles. The molecule has 2 aliphatic heterocycles. The zero-order valence-corrected chi connectivity index (χ0v) is 12.4.